The zero-order valence-electron chi connectivity index (χ0n) is 38.2. The van der Waals surface area contributed by atoms with Gasteiger partial charge in [-0.05, 0) is 150 Å². The van der Waals surface area contributed by atoms with Crippen LogP contribution in [-0.4, -0.2) is 4.57 Å². The van der Waals surface area contributed by atoms with Gasteiger partial charge in [0.2, 0.25) is 0 Å². The van der Waals surface area contributed by atoms with E-state index in [0.29, 0.717) is 0 Å². The van der Waals surface area contributed by atoms with Crippen molar-refractivity contribution in [3.05, 3.63) is 233 Å². The molecule has 0 aliphatic heterocycles. The smallest absolute Gasteiger partial charge is 0.0541 e. The van der Waals surface area contributed by atoms with Gasteiger partial charge in [0.25, 0.3) is 0 Å². The fourth-order valence-corrected chi connectivity index (χ4v) is 12.0. The summed E-state index contributed by atoms with van der Waals surface area (Å²) < 4.78 is 2.45. The van der Waals surface area contributed by atoms with Crippen LogP contribution in [0.25, 0.3) is 83.1 Å². The Labute approximate surface area is 383 Å². The van der Waals surface area contributed by atoms with Crippen molar-refractivity contribution in [3.8, 4) is 61.3 Å². The predicted molar refractivity (Wildman–Crippen MR) is 276 cm³/mol. The van der Waals surface area contributed by atoms with Crippen LogP contribution in [0.15, 0.2) is 194 Å². The number of fused-ring (bicyclic) bond motifs is 10. The summed E-state index contributed by atoms with van der Waals surface area (Å²) >= 11 is 0. The van der Waals surface area contributed by atoms with Crippen molar-refractivity contribution in [2.45, 2.75) is 64.7 Å². The third-order valence-electron chi connectivity index (χ3n) is 15.3. The Kier molecular flexibility index (Phi) is 8.88. The van der Waals surface area contributed by atoms with Crippen LogP contribution in [0.4, 0.5) is 0 Å². The molecular formula is C64H53N. The van der Waals surface area contributed by atoms with Crippen molar-refractivity contribution in [2.75, 3.05) is 0 Å². The molecule has 9 aromatic carbocycles. The first-order valence-electron chi connectivity index (χ1n) is 23.5. The van der Waals surface area contributed by atoms with Gasteiger partial charge in [0.15, 0.2) is 0 Å². The van der Waals surface area contributed by atoms with E-state index in [1.54, 1.807) is 0 Å². The lowest BCUT2D eigenvalue weighted by Crippen LogP contribution is -2.18. The van der Waals surface area contributed by atoms with Crippen molar-refractivity contribution < 1.29 is 0 Å². The molecule has 1 nitrogen and oxygen atoms in total. The first-order valence-corrected chi connectivity index (χ1v) is 23.5. The van der Waals surface area contributed by atoms with Gasteiger partial charge in [-0.15, -0.1) is 0 Å². The van der Waals surface area contributed by atoms with Crippen LogP contribution in [0, 0.1) is 6.92 Å². The van der Waals surface area contributed by atoms with Gasteiger partial charge in [-0.1, -0.05) is 186 Å². The Balaban J connectivity index is 1.02. The number of hydrogen-bond donors (Lipinski definition) is 0. The van der Waals surface area contributed by atoms with Gasteiger partial charge < -0.3 is 4.57 Å². The summed E-state index contributed by atoms with van der Waals surface area (Å²) in [5.74, 6) is 0.273. The lowest BCUT2D eigenvalue weighted by atomic mass is 9.77. The molecule has 0 bridgehead atoms. The van der Waals surface area contributed by atoms with Gasteiger partial charge >= 0.3 is 0 Å². The van der Waals surface area contributed by atoms with Gasteiger partial charge in [0.1, 0.15) is 0 Å². The maximum atomic E-state index is 2.52. The zero-order chi connectivity index (χ0) is 44.2. The maximum absolute atomic E-state index is 2.52. The SMILES string of the molecule is CCC(c1ccccc1)c1ccc(-c2ccc3c(c2)-c2c(ccc4c2C(C)(C)c2ccc(-n5c6ccccc6c6ccccc65)cc2-4)C3(C)C)cc1-c1cc(-c2ccccc2)ccc1C. The number of rotatable bonds is 7. The molecule has 0 radical (unpaired) electrons. The highest BCUT2D eigenvalue weighted by atomic mass is 15.0. The molecule has 0 N–H and O–H groups in total. The molecule has 0 amide bonds. The average molecular weight is 836 g/mol. The molecule has 0 saturated carbocycles. The van der Waals surface area contributed by atoms with Crippen LogP contribution in [0.5, 0.6) is 0 Å². The lowest BCUT2D eigenvalue weighted by Gasteiger charge is -2.26. The van der Waals surface area contributed by atoms with Crippen LogP contribution in [0.1, 0.15) is 85.9 Å². The lowest BCUT2D eigenvalue weighted by molar-refractivity contribution is 0.647. The maximum Gasteiger partial charge on any atom is 0.0541 e. The molecule has 65 heavy (non-hydrogen) atoms. The summed E-state index contributed by atoms with van der Waals surface area (Å²) in [4.78, 5) is 0. The van der Waals surface area contributed by atoms with E-state index in [1.165, 1.54) is 122 Å². The van der Waals surface area contributed by atoms with Gasteiger partial charge in [0, 0.05) is 33.2 Å². The summed E-state index contributed by atoms with van der Waals surface area (Å²) in [6, 6.07) is 73.2. The Morgan fingerprint density at radius 1 is 0.431 bits per heavy atom. The van der Waals surface area contributed by atoms with E-state index < -0.39 is 0 Å². The van der Waals surface area contributed by atoms with Gasteiger partial charge in [0.05, 0.1) is 11.0 Å². The van der Waals surface area contributed by atoms with E-state index in [0.717, 1.165) is 6.42 Å². The molecular weight excluding hydrogens is 783 g/mol. The standard InChI is InChI=1S/C64H53N/c1-7-47(42-20-12-9-13-21-42)48-31-28-44(37-53(48)52-36-43(27-26-40(52)2)41-18-10-8-11-19-41)45-29-33-57-55(38-45)61-58(63(57,3)4)35-32-51-54-39-46(30-34-56(54)64(5,6)62(51)61)65-59-24-16-14-22-49(59)50-23-15-17-25-60(50)65/h8-39,47H,7H2,1-6H3. The molecule has 0 fully saturated rings. The average Bonchev–Trinajstić information content (AvgIpc) is 3.89. The minimum atomic E-state index is -0.189. The molecule has 2 aliphatic rings. The van der Waals surface area contributed by atoms with Crippen molar-refractivity contribution in [2.24, 2.45) is 0 Å². The fourth-order valence-electron chi connectivity index (χ4n) is 12.0. The van der Waals surface area contributed by atoms with Crippen LogP contribution in [-0.2, 0) is 10.8 Å². The highest BCUT2D eigenvalue weighted by Gasteiger charge is 2.44. The van der Waals surface area contributed by atoms with E-state index in [-0.39, 0.29) is 16.7 Å². The first kappa shape index (κ1) is 39.4. The summed E-state index contributed by atoms with van der Waals surface area (Å²) in [5, 5.41) is 2.58. The van der Waals surface area contributed by atoms with E-state index >= 15 is 0 Å². The van der Waals surface area contributed by atoms with Crippen molar-refractivity contribution >= 4 is 21.8 Å². The summed E-state index contributed by atoms with van der Waals surface area (Å²) in [7, 11) is 0. The van der Waals surface area contributed by atoms with Crippen LogP contribution < -0.4 is 0 Å². The monoisotopic (exact) mass is 835 g/mol. The second-order valence-corrected chi connectivity index (χ2v) is 19.6. The number of hydrogen-bond acceptors (Lipinski definition) is 0. The number of para-hydroxylation sites is 2. The normalized spacial score (nSPS) is 14.6. The van der Waals surface area contributed by atoms with Crippen LogP contribution in [0.3, 0.4) is 0 Å². The zero-order valence-corrected chi connectivity index (χ0v) is 38.2. The van der Waals surface area contributed by atoms with Crippen molar-refractivity contribution in [3.63, 3.8) is 0 Å². The highest BCUT2D eigenvalue weighted by molar-refractivity contribution is 6.09. The molecule has 1 heterocycles. The minimum Gasteiger partial charge on any atom is -0.309 e. The molecule has 0 spiro atoms. The highest BCUT2D eigenvalue weighted by Crippen LogP contribution is 2.60. The largest absolute Gasteiger partial charge is 0.309 e. The molecule has 1 aromatic heterocycles. The van der Waals surface area contributed by atoms with E-state index in [9.17, 15) is 0 Å². The second kappa shape index (κ2) is 14.7. The minimum absolute atomic E-state index is 0.134. The van der Waals surface area contributed by atoms with Crippen LogP contribution >= 0.6 is 0 Å². The van der Waals surface area contributed by atoms with Gasteiger partial charge in [-0.2, -0.15) is 0 Å². The number of benzene rings is 9. The van der Waals surface area contributed by atoms with Crippen molar-refractivity contribution in [1.82, 2.24) is 4.57 Å². The third-order valence-corrected chi connectivity index (χ3v) is 15.3. The third kappa shape index (κ3) is 5.91. The first-order chi connectivity index (χ1) is 31.6. The number of aryl methyl sites for hydroxylation is 1. The van der Waals surface area contributed by atoms with Crippen LogP contribution in [0.2, 0.25) is 0 Å². The molecule has 0 saturated heterocycles. The van der Waals surface area contributed by atoms with E-state index in [1.807, 2.05) is 0 Å². The Morgan fingerprint density at radius 3 is 1.69 bits per heavy atom. The Hall–Kier alpha value is -7.22. The molecule has 1 atom stereocenters. The number of aromatic nitrogens is 1. The Morgan fingerprint density at radius 2 is 0.985 bits per heavy atom. The quantitative estimate of drug-likeness (QED) is 0.151. The second-order valence-electron chi connectivity index (χ2n) is 19.6. The van der Waals surface area contributed by atoms with Crippen molar-refractivity contribution in [1.29, 1.82) is 0 Å². The van der Waals surface area contributed by atoms with Gasteiger partial charge in [-0.25, -0.2) is 0 Å². The number of nitrogens with zero attached hydrogens (tertiary/aromatic N) is 1. The molecule has 1 heteroatoms. The molecule has 2 aliphatic carbocycles. The van der Waals surface area contributed by atoms with Gasteiger partial charge in [-0.3, -0.25) is 0 Å². The topological polar surface area (TPSA) is 4.93 Å². The fraction of sp³-hybridized carbons (Fsp3) is 0.156. The Bertz CT molecular complexity index is 3470. The summed E-state index contributed by atoms with van der Waals surface area (Å²) in [5.41, 5.74) is 26.1. The molecule has 314 valence electrons. The van der Waals surface area contributed by atoms with E-state index in [2.05, 4.69) is 240 Å². The predicted octanol–water partition coefficient (Wildman–Crippen LogP) is 17.2. The summed E-state index contributed by atoms with van der Waals surface area (Å²) in [6.07, 6.45) is 1.02. The summed E-state index contributed by atoms with van der Waals surface area (Å²) in [6.45, 7) is 14.3. The molecule has 10 aromatic rings. The van der Waals surface area contributed by atoms with E-state index in [4.69, 9.17) is 0 Å². The molecule has 12 rings (SSSR count). The molecule has 1 unspecified atom stereocenters.